The van der Waals surface area contributed by atoms with Crippen LogP contribution >= 0.6 is 0 Å². The van der Waals surface area contributed by atoms with Crippen LogP contribution < -0.4 is 5.32 Å². The quantitative estimate of drug-likeness (QED) is 0.812. The third kappa shape index (κ3) is 2.34. The highest BCUT2D eigenvalue weighted by Gasteiger charge is 2.49. The van der Waals surface area contributed by atoms with Crippen molar-refractivity contribution in [1.82, 2.24) is 10.3 Å². The van der Waals surface area contributed by atoms with Gasteiger partial charge in [-0.1, -0.05) is 0 Å². The van der Waals surface area contributed by atoms with Gasteiger partial charge in [-0.15, -0.1) is 0 Å². The van der Waals surface area contributed by atoms with Gasteiger partial charge in [0.25, 0.3) is 5.91 Å². The van der Waals surface area contributed by atoms with Crippen LogP contribution in [0.1, 0.15) is 30.1 Å². The summed E-state index contributed by atoms with van der Waals surface area (Å²) in [6, 6.07) is 3.22. The highest BCUT2D eigenvalue weighted by Crippen LogP contribution is 2.40. The molecule has 1 amide bonds. The number of nitrogens with zero attached hydrogens (tertiary/aromatic N) is 1. The Morgan fingerprint density at radius 1 is 1.39 bits per heavy atom. The fraction of sp³-hybridized carbons (Fsp3) is 0.462. The largest absolute Gasteiger partial charge is 0.467 e. The summed E-state index contributed by atoms with van der Waals surface area (Å²) in [6.07, 6.45) is 4.95. The van der Waals surface area contributed by atoms with E-state index in [1.807, 2.05) is 0 Å². The van der Waals surface area contributed by atoms with Gasteiger partial charge in [0.1, 0.15) is 5.54 Å². The van der Waals surface area contributed by atoms with Gasteiger partial charge in [-0.05, 0) is 37.8 Å². The van der Waals surface area contributed by atoms with Crippen LogP contribution in [0.25, 0.3) is 0 Å². The molecule has 1 atom stereocenters. The van der Waals surface area contributed by atoms with Gasteiger partial charge in [-0.25, -0.2) is 4.79 Å². The Hall–Kier alpha value is -1.91. The molecule has 1 heterocycles. The van der Waals surface area contributed by atoms with Crippen molar-refractivity contribution in [2.45, 2.75) is 25.3 Å². The van der Waals surface area contributed by atoms with Gasteiger partial charge in [-0.3, -0.25) is 9.78 Å². The van der Waals surface area contributed by atoms with Crippen molar-refractivity contribution >= 4 is 11.9 Å². The number of hydrogen-bond acceptors (Lipinski definition) is 4. The van der Waals surface area contributed by atoms with Crippen LogP contribution in [0.5, 0.6) is 0 Å². The molecule has 1 fully saturated rings. The van der Waals surface area contributed by atoms with Crippen molar-refractivity contribution in [3.05, 3.63) is 30.1 Å². The van der Waals surface area contributed by atoms with E-state index < -0.39 is 11.5 Å². The molecule has 5 heteroatoms. The van der Waals surface area contributed by atoms with E-state index in [2.05, 4.69) is 10.3 Å². The van der Waals surface area contributed by atoms with E-state index in [0.717, 1.165) is 12.8 Å². The Kier molecular flexibility index (Phi) is 3.32. The van der Waals surface area contributed by atoms with Gasteiger partial charge < -0.3 is 10.1 Å². The second-order valence-electron chi connectivity index (χ2n) is 4.66. The topological polar surface area (TPSA) is 68.3 Å². The lowest BCUT2D eigenvalue weighted by atomic mass is 9.95. The van der Waals surface area contributed by atoms with Crippen LogP contribution in [0.15, 0.2) is 24.5 Å². The summed E-state index contributed by atoms with van der Waals surface area (Å²) in [6.45, 7) is 1.72. The van der Waals surface area contributed by atoms with E-state index in [1.54, 1.807) is 31.5 Å². The number of hydrogen-bond donors (Lipinski definition) is 1. The molecular formula is C13H16N2O3. The number of methoxy groups -OCH3 is 1. The van der Waals surface area contributed by atoms with Crippen molar-refractivity contribution in [2.75, 3.05) is 7.11 Å². The standard InChI is InChI=1S/C13H16N2O3/c1-13(10-3-4-10,12(17)18-2)15-11(16)9-5-7-14-8-6-9/h5-8,10H,3-4H2,1-2H3,(H,15,16)/t13-/m0/s1. The van der Waals surface area contributed by atoms with Crippen molar-refractivity contribution in [2.24, 2.45) is 5.92 Å². The smallest absolute Gasteiger partial charge is 0.331 e. The zero-order valence-corrected chi connectivity index (χ0v) is 10.5. The summed E-state index contributed by atoms with van der Waals surface area (Å²) >= 11 is 0. The van der Waals surface area contributed by atoms with E-state index in [0.29, 0.717) is 5.56 Å². The van der Waals surface area contributed by atoms with Crippen LogP contribution in [0, 0.1) is 5.92 Å². The van der Waals surface area contributed by atoms with Crippen LogP contribution in [-0.2, 0) is 9.53 Å². The number of carbonyl (C=O) groups is 2. The highest BCUT2D eigenvalue weighted by molar-refractivity contribution is 5.98. The lowest BCUT2D eigenvalue weighted by Gasteiger charge is -2.27. The summed E-state index contributed by atoms with van der Waals surface area (Å²) < 4.78 is 4.79. The molecule has 1 aliphatic carbocycles. The van der Waals surface area contributed by atoms with Crippen LogP contribution in [-0.4, -0.2) is 29.5 Å². The molecule has 5 nitrogen and oxygen atoms in total. The number of ether oxygens (including phenoxy) is 1. The van der Waals surface area contributed by atoms with E-state index in [9.17, 15) is 9.59 Å². The van der Waals surface area contributed by atoms with E-state index in [1.165, 1.54) is 7.11 Å². The van der Waals surface area contributed by atoms with E-state index >= 15 is 0 Å². The molecule has 0 aliphatic heterocycles. The number of amides is 1. The minimum Gasteiger partial charge on any atom is -0.467 e. The predicted molar refractivity (Wildman–Crippen MR) is 64.8 cm³/mol. The molecular weight excluding hydrogens is 232 g/mol. The molecule has 1 aromatic rings. The van der Waals surface area contributed by atoms with Crippen molar-refractivity contribution in [1.29, 1.82) is 0 Å². The van der Waals surface area contributed by atoms with Crippen LogP contribution in [0.4, 0.5) is 0 Å². The fourth-order valence-corrected chi connectivity index (χ4v) is 2.00. The van der Waals surface area contributed by atoms with Gasteiger partial charge in [0.15, 0.2) is 0 Å². The SMILES string of the molecule is COC(=O)[C@@](C)(NC(=O)c1ccncc1)C1CC1. The number of nitrogens with one attached hydrogen (secondary N) is 1. The van der Waals surface area contributed by atoms with Gasteiger partial charge in [0.2, 0.25) is 0 Å². The van der Waals surface area contributed by atoms with E-state index in [-0.39, 0.29) is 11.8 Å². The number of aromatic nitrogens is 1. The van der Waals surface area contributed by atoms with Crippen molar-refractivity contribution in [3.63, 3.8) is 0 Å². The molecule has 2 rings (SSSR count). The summed E-state index contributed by atoms with van der Waals surface area (Å²) in [5.41, 5.74) is -0.449. The number of esters is 1. The fourth-order valence-electron chi connectivity index (χ4n) is 2.00. The maximum Gasteiger partial charge on any atom is 0.331 e. The highest BCUT2D eigenvalue weighted by atomic mass is 16.5. The molecule has 18 heavy (non-hydrogen) atoms. The summed E-state index contributed by atoms with van der Waals surface area (Å²) in [5.74, 6) is -0.514. The first-order valence-electron chi connectivity index (χ1n) is 5.89. The second-order valence-corrected chi connectivity index (χ2v) is 4.66. The molecule has 0 aromatic carbocycles. The molecule has 1 saturated carbocycles. The van der Waals surface area contributed by atoms with Crippen molar-refractivity contribution < 1.29 is 14.3 Å². The second kappa shape index (κ2) is 4.76. The zero-order chi connectivity index (χ0) is 13.2. The lowest BCUT2D eigenvalue weighted by molar-refractivity contribution is -0.148. The number of pyridine rings is 1. The first-order chi connectivity index (χ1) is 8.58. The minimum atomic E-state index is -0.935. The molecule has 1 aliphatic rings. The molecule has 96 valence electrons. The Morgan fingerprint density at radius 2 is 2.00 bits per heavy atom. The van der Waals surface area contributed by atoms with Crippen LogP contribution in [0.2, 0.25) is 0 Å². The zero-order valence-electron chi connectivity index (χ0n) is 10.5. The summed E-state index contributed by atoms with van der Waals surface area (Å²) in [4.78, 5) is 27.8. The lowest BCUT2D eigenvalue weighted by Crippen LogP contribution is -2.54. The van der Waals surface area contributed by atoms with Gasteiger partial charge in [0.05, 0.1) is 7.11 Å². The van der Waals surface area contributed by atoms with Gasteiger partial charge >= 0.3 is 5.97 Å². The van der Waals surface area contributed by atoms with Gasteiger partial charge in [-0.2, -0.15) is 0 Å². The maximum atomic E-state index is 12.1. The maximum absolute atomic E-state index is 12.1. The predicted octanol–water partition coefficient (Wildman–Crippen LogP) is 1.15. The molecule has 0 spiro atoms. The molecule has 1 N–H and O–H groups in total. The molecule has 0 saturated heterocycles. The Morgan fingerprint density at radius 3 is 2.50 bits per heavy atom. The molecule has 0 radical (unpaired) electrons. The van der Waals surface area contributed by atoms with Crippen molar-refractivity contribution in [3.8, 4) is 0 Å². The van der Waals surface area contributed by atoms with Gasteiger partial charge in [0, 0.05) is 18.0 Å². The Balaban J connectivity index is 2.15. The average molecular weight is 248 g/mol. The molecule has 0 bridgehead atoms. The third-order valence-corrected chi connectivity index (χ3v) is 3.32. The first-order valence-corrected chi connectivity index (χ1v) is 5.89. The summed E-state index contributed by atoms with van der Waals surface area (Å²) in [7, 11) is 1.33. The average Bonchev–Trinajstić information content (AvgIpc) is 3.23. The van der Waals surface area contributed by atoms with E-state index in [4.69, 9.17) is 4.74 Å². The normalized spacial score (nSPS) is 17.7. The summed E-state index contributed by atoms with van der Waals surface area (Å²) in [5, 5.41) is 2.78. The monoisotopic (exact) mass is 248 g/mol. The minimum absolute atomic E-state index is 0.163. The Labute approximate surface area is 106 Å². The number of carbonyl (C=O) groups excluding carboxylic acids is 2. The molecule has 1 aromatic heterocycles. The Bertz CT molecular complexity index is 457. The molecule has 0 unspecified atom stereocenters. The first kappa shape index (κ1) is 12.5. The number of rotatable bonds is 4. The van der Waals surface area contributed by atoms with Crippen LogP contribution in [0.3, 0.4) is 0 Å². The third-order valence-electron chi connectivity index (χ3n) is 3.32.